The van der Waals surface area contributed by atoms with Crippen molar-refractivity contribution in [3.8, 4) is 11.1 Å². The van der Waals surface area contributed by atoms with E-state index in [4.69, 9.17) is 11.6 Å². The van der Waals surface area contributed by atoms with Crippen molar-refractivity contribution in [3.05, 3.63) is 65.6 Å². The number of hydrogen-bond donors (Lipinski definition) is 0. The van der Waals surface area contributed by atoms with E-state index in [-0.39, 0.29) is 6.04 Å². The van der Waals surface area contributed by atoms with Crippen molar-refractivity contribution in [2.24, 2.45) is 0 Å². The van der Waals surface area contributed by atoms with Crippen molar-refractivity contribution >= 4 is 28.5 Å². The fourth-order valence-corrected chi connectivity index (χ4v) is 4.31. The predicted molar refractivity (Wildman–Crippen MR) is 120 cm³/mol. The van der Waals surface area contributed by atoms with Gasteiger partial charge in [-0.15, -0.1) is 5.10 Å². The normalized spacial score (nSPS) is 15.5. The smallest absolute Gasteiger partial charge is 0.129 e. The Balaban J connectivity index is 1.55. The lowest BCUT2D eigenvalue weighted by Crippen LogP contribution is -2.30. The molecule has 1 unspecified atom stereocenters. The number of rotatable bonds is 4. The Morgan fingerprint density at radius 3 is 2.70 bits per heavy atom. The van der Waals surface area contributed by atoms with E-state index in [9.17, 15) is 0 Å². The van der Waals surface area contributed by atoms with Crippen molar-refractivity contribution in [1.29, 1.82) is 0 Å². The maximum atomic E-state index is 6.57. The zero-order valence-electron chi connectivity index (χ0n) is 16.9. The maximum Gasteiger partial charge on any atom is 0.129 e. The van der Waals surface area contributed by atoms with Crippen LogP contribution in [-0.4, -0.2) is 38.1 Å². The van der Waals surface area contributed by atoms with Crippen molar-refractivity contribution in [1.82, 2.24) is 25.0 Å². The molecule has 5 rings (SSSR count). The molecule has 1 fully saturated rings. The third-order valence-electron chi connectivity index (χ3n) is 5.84. The Bertz CT molecular complexity index is 1170. The van der Waals surface area contributed by atoms with Gasteiger partial charge in [-0.1, -0.05) is 28.9 Å². The van der Waals surface area contributed by atoms with Crippen LogP contribution in [0.3, 0.4) is 0 Å². The van der Waals surface area contributed by atoms with Crippen LogP contribution >= 0.6 is 11.6 Å². The van der Waals surface area contributed by atoms with Gasteiger partial charge in [-0.25, -0.2) is 9.67 Å². The average Bonchev–Trinajstić information content (AvgIpc) is 3.23. The van der Waals surface area contributed by atoms with Gasteiger partial charge in [-0.2, -0.15) is 0 Å². The summed E-state index contributed by atoms with van der Waals surface area (Å²) in [6.45, 7) is 4.20. The molecule has 1 atom stereocenters. The van der Waals surface area contributed by atoms with Gasteiger partial charge in [-0.05, 0) is 61.6 Å². The zero-order valence-corrected chi connectivity index (χ0v) is 17.6. The Kier molecular flexibility index (Phi) is 5.09. The van der Waals surface area contributed by atoms with E-state index in [1.54, 1.807) is 12.4 Å². The van der Waals surface area contributed by atoms with Crippen LogP contribution in [0.25, 0.3) is 22.2 Å². The SMILES string of the molecule is CC(c1cccnc1)n1nnc2ccc(-c3cc(N4CCCCC4)ncc3Cl)cc21. The van der Waals surface area contributed by atoms with Gasteiger partial charge >= 0.3 is 0 Å². The fraction of sp³-hybridized carbons (Fsp3) is 0.304. The summed E-state index contributed by atoms with van der Waals surface area (Å²) in [5, 5.41) is 9.41. The van der Waals surface area contributed by atoms with Gasteiger partial charge in [0.1, 0.15) is 11.3 Å². The second-order valence-corrected chi connectivity index (χ2v) is 8.18. The van der Waals surface area contributed by atoms with E-state index < -0.39 is 0 Å². The van der Waals surface area contributed by atoms with E-state index >= 15 is 0 Å². The van der Waals surface area contributed by atoms with Crippen LogP contribution in [0, 0.1) is 0 Å². The quantitative estimate of drug-likeness (QED) is 0.459. The molecular formula is C23H23ClN6. The molecule has 7 heteroatoms. The highest BCUT2D eigenvalue weighted by molar-refractivity contribution is 6.33. The van der Waals surface area contributed by atoms with Crippen molar-refractivity contribution < 1.29 is 0 Å². The number of halogens is 1. The van der Waals surface area contributed by atoms with Gasteiger partial charge in [0.05, 0.1) is 16.6 Å². The number of nitrogens with zero attached hydrogens (tertiary/aromatic N) is 6. The highest BCUT2D eigenvalue weighted by Gasteiger charge is 2.17. The molecule has 4 heterocycles. The minimum Gasteiger partial charge on any atom is -0.357 e. The molecule has 0 radical (unpaired) electrons. The van der Waals surface area contributed by atoms with E-state index in [2.05, 4.69) is 56.4 Å². The molecule has 0 amide bonds. The molecule has 30 heavy (non-hydrogen) atoms. The van der Waals surface area contributed by atoms with Crippen molar-refractivity contribution in [2.45, 2.75) is 32.2 Å². The number of fused-ring (bicyclic) bond motifs is 1. The van der Waals surface area contributed by atoms with Gasteiger partial charge in [0.2, 0.25) is 0 Å². The lowest BCUT2D eigenvalue weighted by Gasteiger charge is -2.28. The molecule has 1 saturated heterocycles. The van der Waals surface area contributed by atoms with Crippen LogP contribution in [0.5, 0.6) is 0 Å². The maximum absolute atomic E-state index is 6.57. The molecule has 4 aromatic rings. The van der Waals surface area contributed by atoms with Gasteiger partial charge < -0.3 is 4.90 Å². The van der Waals surface area contributed by atoms with E-state index in [1.165, 1.54) is 19.3 Å². The molecular weight excluding hydrogens is 396 g/mol. The molecule has 1 aromatic carbocycles. The van der Waals surface area contributed by atoms with Crippen LogP contribution in [0.15, 0.2) is 55.0 Å². The first-order chi connectivity index (χ1) is 14.7. The zero-order chi connectivity index (χ0) is 20.5. The van der Waals surface area contributed by atoms with Gasteiger partial charge in [0, 0.05) is 37.2 Å². The van der Waals surface area contributed by atoms with Crippen LogP contribution in [0.4, 0.5) is 5.82 Å². The highest BCUT2D eigenvalue weighted by atomic mass is 35.5. The first kappa shape index (κ1) is 19.0. The number of piperidine rings is 1. The van der Waals surface area contributed by atoms with E-state index in [0.29, 0.717) is 5.02 Å². The van der Waals surface area contributed by atoms with Crippen LogP contribution < -0.4 is 4.90 Å². The molecule has 1 aliphatic heterocycles. The van der Waals surface area contributed by atoms with Crippen LogP contribution in [-0.2, 0) is 0 Å². The predicted octanol–water partition coefficient (Wildman–Crippen LogP) is 5.14. The van der Waals surface area contributed by atoms with Gasteiger partial charge in [0.15, 0.2) is 0 Å². The largest absolute Gasteiger partial charge is 0.357 e. The third kappa shape index (κ3) is 3.52. The first-order valence-corrected chi connectivity index (χ1v) is 10.7. The number of anilines is 1. The van der Waals surface area contributed by atoms with Crippen molar-refractivity contribution in [3.63, 3.8) is 0 Å². The van der Waals surface area contributed by atoms with E-state index in [0.717, 1.165) is 46.6 Å². The molecule has 3 aromatic heterocycles. The fourth-order valence-electron chi connectivity index (χ4n) is 4.10. The number of aromatic nitrogens is 5. The number of benzene rings is 1. The lowest BCUT2D eigenvalue weighted by atomic mass is 10.0. The highest BCUT2D eigenvalue weighted by Crippen LogP contribution is 2.33. The first-order valence-electron chi connectivity index (χ1n) is 10.4. The number of pyridine rings is 2. The standard InChI is InChI=1S/C23H23ClN6/c1-16(18-6-5-9-25-14-18)30-22-12-17(7-8-21(22)27-28-30)19-13-23(26-15-20(19)24)29-10-3-2-4-11-29/h5-9,12-16H,2-4,10-11H2,1H3. The third-order valence-corrected chi connectivity index (χ3v) is 6.14. The van der Waals surface area contributed by atoms with Crippen LogP contribution in [0.2, 0.25) is 5.02 Å². The molecule has 0 N–H and O–H groups in total. The Morgan fingerprint density at radius 1 is 1.03 bits per heavy atom. The Morgan fingerprint density at radius 2 is 1.90 bits per heavy atom. The lowest BCUT2D eigenvalue weighted by molar-refractivity contribution is 0.558. The average molecular weight is 419 g/mol. The van der Waals surface area contributed by atoms with Gasteiger partial charge in [0.25, 0.3) is 0 Å². The Labute approximate surface area is 180 Å². The van der Waals surface area contributed by atoms with Crippen LogP contribution in [0.1, 0.15) is 37.8 Å². The summed E-state index contributed by atoms with van der Waals surface area (Å²) in [7, 11) is 0. The minimum atomic E-state index is 0.0239. The summed E-state index contributed by atoms with van der Waals surface area (Å²) in [5.41, 5.74) is 4.93. The molecule has 6 nitrogen and oxygen atoms in total. The van der Waals surface area contributed by atoms with Crippen molar-refractivity contribution in [2.75, 3.05) is 18.0 Å². The molecule has 0 aliphatic carbocycles. The molecule has 0 spiro atoms. The molecule has 152 valence electrons. The molecule has 0 saturated carbocycles. The minimum absolute atomic E-state index is 0.0239. The summed E-state index contributed by atoms with van der Waals surface area (Å²) in [6.07, 6.45) is 9.12. The topological polar surface area (TPSA) is 59.7 Å². The summed E-state index contributed by atoms with van der Waals surface area (Å²) in [6, 6.07) is 12.3. The summed E-state index contributed by atoms with van der Waals surface area (Å²) < 4.78 is 1.94. The molecule has 1 aliphatic rings. The second kappa shape index (κ2) is 8.03. The number of hydrogen-bond acceptors (Lipinski definition) is 5. The molecule has 0 bridgehead atoms. The summed E-state index contributed by atoms with van der Waals surface area (Å²) >= 11 is 6.57. The van der Waals surface area contributed by atoms with E-state index in [1.807, 2.05) is 23.0 Å². The van der Waals surface area contributed by atoms with Gasteiger partial charge in [-0.3, -0.25) is 4.98 Å². The summed E-state index contributed by atoms with van der Waals surface area (Å²) in [4.78, 5) is 11.2. The monoisotopic (exact) mass is 418 g/mol. The Hall–Kier alpha value is -2.99. The summed E-state index contributed by atoms with van der Waals surface area (Å²) in [5.74, 6) is 0.990. The second-order valence-electron chi connectivity index (χ2n) is 7.77.